The topological polar surface area (TPSA) is 46.5 Å². The Labute approximate surface area is 99.0 Å². The third-order valence-corrected chi connectivity index (χ3v) is 3.05. The van der Waals surface area contributed by atoms with E-state index in [-0.39, 0.29) is 6.61 Å². The van der Waals surface area contributed by atoms with Gasteiger partial charge in [-0.2, -0.15) is 0 Å². The van der Waals surface area contributed by atoms with E-state index in [2.05, 4.69) is 0 Å². The highest BCUT2D eigenvalue weighted by molar-refractivity contribution is 6.29. The summed E-state index contributed by atoms with van der Waals surface area (Å²) in [6, 6.07) is 5.89. The minimum Gasteiger partial charge on any atom is -0.491 e. The molecule has 0 radical (unpaired) electrons. The molecular formula is C12H13ClO3. The van der Waals surface area contributed by atoms with Crippen molar-refractivity contribution in [2.45, 2.75) is 24.6 Å². The zero-order chi connectivity index (χ0) is 11.5. The molecule has 1 unspecified atom stereocenters. The van der Waals surface area contributed by atoms with Gasteiger partial charge in [0.2, 0.25) is 0 Å². The summed E-state index contributed by atoms with van der Waals surface area (Å²) in [5, 5.41) is 7.61. The van der Waals surface area contributed by atoms with Crippen LogP contribution < -0.4 is 4.74 Å². The van der Waals surface area contributed by atoms with E-state index in [0.29, 0.717) is 5.75 Å². The van der Waals surface area contributed by atoms with Gasteiger partial charge in [-0.25, -0.2) is 0 Å². The van der Waals surface area contributed by atoms with Crippen LogP contribution in [0, 0.1) is 0 Å². The van der Waals surface area contributed by atoms with Gasteiger partial charge in [-0.3, -0.25) is 4.79 Å². The minimum absolute atomic E-state index is 0.00429. The molecule has 0 aliphatic heterocycles. The molecule has 4 heteroatoms. The Hall–Kier alpha value is -1.22. The number of carboxylic acids is 1. The van der Waals surface area contributed by atoms with Crippen molar-refractivity contribution in [2.24, 2.45) is 0 Å². The Morgan fingerprint density at radius 3 is 2.94 bits per heavy atom. The lowest BCUT2D eigenvalue weighted by molar-refractivity contribution is -0.137. The Balaban J connectivity index is 1.98. The van der Waals surface area contributed by atoms with E-state index >= 15 is 0 Å². The van der Waals surface area contributed by atoms with Crippen molar-refractivity contribution in [3.05, 3.63) is 29.3 Å². The molecule has 3 nitrogen and oxygen atoms in total. The van der Waals surface area contributed by atoms with Gasteiger partial charge in [0.25, 0.3) is 0 Å². The zero-order valence-electron chi connectivity index (χ0n) is 8.78. The third kappa shape index (κ3) is 2.47. The summed E-state index contributed by atoms with van der Waals surface area (Å²) in [6.07, 6.45) is 3.39. The molecule has 0 heterocycles. The van der Waals surface area contributed by atoms with Crippen molar-refractivity contribution in [3.63, 3.8) is 0 Å². The molecule has 1 aliphatic carbocycles. The van der Waals surface area contributed by atoms with Gasteiger partial charge in [0.05, 0.1) is 0 Å². The number of aryl methyl sites for hydroxylation is 2. The second kappa shape index (κ2) is 4.74. The van der Waals surface area contributed by atoms with Crippen molar-refractivity contribution < 1.29 is 14.6 Å². The van der Waals surface area contributed by atoms with Crippen LogP contribution in [0.4, 0.5) is 0 Å². The summed E-state index contributed by atoms with van der Waals surface area (Å²) in [7, 11) is 0. The van der Waals surface area contributed by atoms with E-state index in [1.54, 1.807) is 0 Å². The Morgan fingerprint density at radius 2 is 2.19 bits per heavy atom. The maximum atomic E-state index is 10.5. The van der Waals surface area contributed by atoms with Gasteiger partial charge < -0.3 is 9.84 Å². The molecular weight excluding hydrogens is 228 g/mol. The summed E-state index contributed by atoms with van der Waals surface area (Å²) >= 11 is 5.56. The molecule has 1 aromatic carbocycles. The van der Waals surface area contributed by atoms with Gasteiger partial charge in [0.15, 0.2) is 5.38 Å². The predicted octanol–water partition coefficient (Wildman–Crippen LogP) is 2.25. The van der Waals surface area contributed by atoms with Crippen LogP contribution in [0.15, 0.2) is 18.2 Å². The number of rotatable bonds is 4. The van der Waals surface area contributed by atoms with Gasteiger partial charge >= 0.3 is 5.97 Å². The number of hydrogen-bond donors (Lipinski definition) is 1. The summed E-state index contributed by atoms with van der Waals surface area (Å²) in [6.45, 7) is -0.00429. The molecule has 0 bridgehead atoms. The van der Waals surface area contributed by atoms with E-state index in [0.717, 1.165) is 12.8 Å². The SMILES string of the molecule is O=C(O)C(Cl)COc1ccc2c(c1)CCC2. The van der Waals surface area contributed by atoms with Gasteiger partial charge in [-0.15, -0.1) is 11.6 Å². The summed E-state index contributed by atoms with van der Waals surface area (Å²) in [5.41, 5.74) is 2.67. The summed E-state index contributed by atoms with van der Waals surface area (Å²) in [4.78, 5) is 10.5. The summed E-state index contributed by atoms with van der Waals surface area (Å²) in [5.74, 6) is -0.352. The predicted molar refractivity (Wildman–Crippen MR) is 61.2 cm³/mol. The average Bonchev–Trinajstić information content (AvgIpc) is 2.72. The lowest BCUT2D eigenvalue weighted by Gasteiger charge is -2.09. The smallest absolute Gasteiger partial charge is 0.325 e. The summed E-state index contributed by atoms with van der Waals surface area (Å²) < 4.78 is 5.34. The number of carboxylic acid groups (broad SMARTS) is 1. The number of fused-ring (bicyclic) bond motifs is 1. The minimum atomic E-state index is -1.05. The molecule has 0 amide bonds. The molecule has 2 rings (SSSR count). The van der Waals surface area contributed by atoms with Crippen LogP contribution in [-0.2, 0) is 17.6 Å². The van der Waals surface area contributed by atoms with Crippen molar-refractivity contribution in [3.8, 4) is 5.75 Å². The zero-order valence-corrected chi connectivity index (χ0v) is 9.54. The number of carbonyl (C=O) groups is 1. The quantitative estimate of drug-likeness (QED) is 0.821. The van der Waals surface area contributed by atoms with Gasteiger partial charge in [-0.1, -0.05) is 6.07 Å². The molecule has 0 aromatic heterocycles. The van der Waals surface area contributed by atoms with Crippen molar-refractivity contribution in [1.82, 2.24) is 0 Å². The molecule has 0 spiro atoms. The maximum Gasteiger partial charge on any atom is 0.325 e. The Morgan fingerprint density at radius 1 is 1.44 bits per heavy atom. The van der Waals surface area contributed by atoms with Crippen LogP contribution in [0.25, 0.3) is 0 Å². The fraction of sp³-hybridized carbons (Fsp3) is 0.417. The molecule has 0 fully saturated rings. The molecule has 0 saturated heterocycles. The number of alkyl halides is 1. The van der Waals surface area contributed by atoms with Crippen LogP contribution in [0.3, 0.4) is 0 Å². The molecule has 1 aliphatic rings. The van der Waals surface area contributed by atoms with Gasteiger partial charge in [-0.05, 0) is 42.5 Å². The van der Waals surface area contributed by atoms with Crippen molar-refractivity contribution in [2.75, 3.05) is 6.61 Å². The first-order valence-electron chi connectivity index (χ1n) is 5.28. The Kier molecular flexibility index (Phi) is 3.34. The van der Waals surface area contributed by atoms with E-state index in [4.69, 9.17) is 21.4 Å². The van der Waals surface area contributed by atoms with Crippen molar-refractivity contribution in [1.29, 1.82) is 0 Å². The van der Waals surface area contributed by atoms with Crippen LogP contribution in [0.5, 0.6) is 5.75 Å². The van der Waals surface area contributed by atoms with E-state index in [1.807, 2.05) is 18.2 Å². The fourth-order valence-corrected chi connectivity index (χ4v) is 1.94. The van der Waals surface area contributed by atoms with Crippen LogP contribution in [0.1, 0.15) is 17.5 Å². The molecule has 86 valence electrons. The fourth-order valence-electron chi connectivity index (χ4n) is 1.88. The van der Waals surface area contributed by atoms with Crippen LogP contribution in [0.2, 0.25) is 0 Å². The van der Waals surface area contributed by atoms with E-state index in [9.17, 15) is 4.79 Å². The normalized spacial score (nSPS) is 15.6. The highest BCUT2D eigenvalue weighted by Crippen LogP contribution is 2.26. The molecule has 1 atom stereocenters. The second-order valence-corrected chi connectivity index (χ2v) is 4.43. The standard InChI is InChI=1S/C12H13ClO3/c13-11(12(14)15)7-16-10-5-4-8-2-1-3-9(8)6-10/h4-6,11H,1-3,7H2,(H,14,15). The average molecular weight is 241 g/mol. The monoisotopic (exact) mass is 240 g/mol. The highest BCUT2D eigenvalue weighted by Gasteiger charge is 2.15. The lowest BCUT2D eigenvalue weighted by Crippen LogP contribution is -2.21. The molecule has 0 saturated carbocycles. The lowest BCUT2D eigenvalue weighted by atomic mass is 10.1. The first kappa shape index (κ1) is 11.3. The molecule has 1 aromatic rings. The largest absolute Gasteiger partial charge is 0.491 e. The number of ether oxygens (including phenoxy) is 1. The molecule has 16 heavy (non-hydrogen) atoms. The molecule has 1 N–H and O–H groups in total. The first-order valence-corrected chi connectivity index (χ1v) is 5.72. The van der Waals surface area contributed by atoms with Crippen LogP contribution >= 0.6 is 11.6 Å². The first-order chi connectivity index (χ1) is 7.66. The number of hydrogen-bond acceptors (Lipinski definition) is 2. The number of benzene rings is 1. The van der Waals surface area contributed by atoms with Crippen LogP contribution in [-0.4, -0.2) is 23.1 Å². The second-order valence-electron chi connectivity index (χ2n) is 3.90. The van der Waals surface area contributed by atoms with E-state index < -0.39 is 11.3 Å². The highest BCUT2D eigenvalue weighted by atomic mass is 35.5. The maximum absolute atomic E-state index is 10.5. The van der Waals surface area contributed by atoms with E-state index in [1.165, 1.54) is 17.5 Å². The third-order valence-electron chi connectivity index (χ3n) is 2.73. The van der Waals surface area contributed by atoms with Crippen molar-refractivity contribution >= 4 is 17.6 Å². The van der Waals surface area contributed by atoms with Gasteiger partial charge in [0.1, 0.15) is 12.4 Å². The Bertz CT molecular complexity index is 403. The van der Waals surface area contributed by atoms with Gasteiger partial charge in [0, 0.05) is 0 Å². The number of aliphatic carboxylic acids is 1. The number of halogens is 1.